The number of alkyl halides is 3. The Hall–Kier alpha value is -2.98. The van der Waals surface area contributed by atoms with E-state index in [2.05, 4.69) is 15.3 Å². The highest BCUT2D eigenvalue weighted by atomic mass is 19.4. The summed E-state index contributed by atoms with van der Waals surface area (Å²) in [6.45, 7) is 9.02. The fraction of sp³-hybridized carbons (Fsp3) is 0.458. The average molecular weight is 479 g/mol. The van der Waals surface area contributed by atoms with E-state index in [1.807, 2.05) is 11.5 Å². The third-order valence-electron chi connectivity index (χ3n) is 5.42. The summed E-state index contributed by atoms with van der Waals surface area (Å²) in [6.07, 6.45) is -3.68. The number of aromatic nitrogens is 3. The molecule has 0 aliphatic rings. The molecule has 7 nitrogen and oxygen atoms in total. The molecule has 0 atom stereocenters. The highest BCUT2D eigenvalue weighted by Crippen LogP contribution is 2.33. The Bertz CT molecular complexity index is 1210. The second-order valence-electron chi connectivity index (χ2n) is 9.39. The number of benzene rings is 1. The standard InChI is InChI=1S/C24H29F3N4O3/c1-6-31-18-13-16(30-21(32)15-8-7-9-19(28-15)24(25,26)27)14(23(4,5)34)12-17(18)29-20(31)10-11-22(2,3)33/h7-9,12-13,33-34H,6,10-11H2,1-5H3,(H,30,32). The van der Waals surface area contributed by atoms with Crippen LogP contribution in [0.25, 0.3) is 11.0 Å². The van der Waals surface area contributed by atoms with E-state index >= 15 is 0 Å². The molecule has 34 heavy (non-hydrogen) atoms. The lowest BCUT2D eigenvalue weighted by atomic mass is 9.95. The van der Waals surface area contributed by atoms with Crippen LogP contribution in [0.2, 0.25) is 0 Å². The molecule has 10 heteroatoms. The van der Waals surface area contributed by atoms with Gasteiger partial charge in [0.2, 0.25) is 0 Å². The van der Waals surface area contributed by atoms with Crippen molar-refractivity contribution in [1.29, 1.82) is 0 Å². The van der Waals surface area contributed by atoms with Crippen molar-refractivity contribution >= 4 is 22.6 Å². The van der Waals surface area contributed by atoms with Crippen LogP contribution < -0.4 is 5.32 Å². The van der Waals surface area contributed by atoms with Gasteiger partial charge in [0.05, 0.1) is 22.2 Å². The van der Waals surface area contributed by atoms with Crippen LogP contribution in [0.4, 0.5) is 18.9 Å². The normalized spacial score (nSPS) is 12.9. The average Bonchev–Trinajstić information content (AvgIpc) is 3.06. The molecule has 3 aromatic rings. The van der Waals surface area contributed by atoms with Crippen molar-refractivity contribution < 1.29 is 28.2 Å². The van der Waals surface area contributed by atoms with Crippen molar-refractivity contribution in [3.63, 3.8) is 0 Å². The molecule has 0 spiro atoms. The zero-order valence-electron chi connectivity index (χ0n) is 19.8. The van der Waals surface area contributed by atoms with Gasteiger partial charge in [0.25, 0.3) is 5.91 Å². The number of aryl methyl sites for hydroxylation is 2. The highest BCUT2D eigenvalue weighted by Gasteiger charge is 2.33. The van der Waals surface area contributed by atoms with Gasteiger partial charge < -0.3 is 20.1 Å². The molecule has 0 saturated heterocycles. The number of pyridine rings is 1. The first-order valence-corrected chi connectivity index (χ1v) is 10.9. The summed E-state index contributed by atoms with van der Waals surface area (Å²) >= 11 is 0. The van der Waals surface area contributed by atoms with Crippen molar-refractivity contribution in [2.45, 2.75) is 71.4 Å². The van der Waals surface area contributed by atoms with Gasteiger partial charge in [-0.2, -0.15) is 13.2 Å². The number of anilines is 1. The Kier molecular flexibility index (Phi) is 6.78. The lowest BCUT2D eigenvalue weighted by Gasteiger charge is -2.22. The van der Waals surface area contributed by atoms with E-state index in [4.69, 9.17) is 0 Å². The molecule has 3 rings (SSSR count). The van der Waals surface area contributed by atoms with Crippen LogP contribution in [0.3, 0.4) is 0 Å². The minimum Gasteiger partial charge on any atom is -0.390 e. The molecule has 1 aromatic carbocycles. The van der Waals surface area contributed by atoms with Crippen molar-refractivity contribution in [3.8, 4) is 0 Å². The molecular formula is C24H29F3N4O3. The number of nitrogens with one attached hydrogen (secondary N) is 1. The van der Waals surface area contributed by atoms with Crippen molar-refractivity contribution in [2.75, 3.05) is 5.32 Å². The number of aliphatic hydroxyl groups is 2. The van der Waals surface area contributed by atoms with Gasteiger partial charge in [-0.05, 0) is 65.3 Å². The number of carbonyl (C=O) groups excluding carboxylic acids is 1. The highest BCUT2D eigenvalue weighted by molar-refractivity contribution is 6.04. The van der Waals surface area contributed by atoms with Gasteiger partial charge in [-0.15, -0.1) is 0 Å². The lowest BCUT2D eigenvalue weighted by molar-refractivity contribution is -0.141. The summed E-state index contributed by atoms with van der Waals surface area (Å²) in [6, 6.07) is 6.41. The van der Waals surface area contributed by atoms with Crippen LogP contribution in [0, 0.1) is 0 Å². The van der Waals surface area contributed by atoms with Crippen LogP contribution >= 0.6 is 0 Å². The number of nitrogens with zero attached hydrogens (tertiary/aromatic N) is 3. The summed E-state index contributed by atoms with van der Waals surface area (Å²) in [4.78, 5) is 20.9. The maximum atomic E-state index is 13.0. The van der Waals surface area contributed by atoms with Gasteiger partial charge in [0.15, 0.2) is 0 Å². The van der Waals surface area contributed by atoms with Crippen LogP contribution in [0.5, 0.6) is 0 Å². The van der Waals surface area contributed by atoms with Crippen molar-refractivity contribution in [1.82, 2.24) is 14.5 Å². The molecular weight excluding hydrogens is 449 g/mol. The molecule has 0 unspecified atom stereocenters. The van der Waals surface area contributed by atoms with E-state index in [1.54, 1.807) is 39.8 Å². The molecule has 0 bridgehead atoms. The van der Waals surface area contributed by atoms with Crippen LogP contribution in [0.1, 0.15) is 68.6 Å². The number of rotatable bonds is 7. The quantitative estimate of drug-likeness (QED) is 0.459. The van der Waals surface area contributed by atoms with E-state index in [9.17, 15) is 28.2 Å². The largest absolute Gasteiger partial charge is 0.433 e. The van der Waals surface area contributed by atoms with Crippen LogP contribution in [0.15, 0.2) is 30.3 Å². The number of hydrogen-bond acceptors (Lipinski definition) is 5. The lowest BCUT2D eigenvalue weighted by Crippen LogP contribution is -2.22. The summed E-state index contributed by atoms with van der Waals surface area (Å²) in [7, 11) is 0. The predicted molar refractivity (Wildman–Crippen MR) is 122 cm³/mol. The molecule has 1 amide bonds. The van der Waals surface area contributed by atoms with E-state index in [-0.39, 0.29) is 5.69 Å². The summed E-state index contributed by atoms with van der Waals surface area (Å²) in [5, 5.41) is 23.4. The van der Waals surface area contributed by atoms with Gasteiger partial charge in [0.1, 0.15) is 17.2 Å². The number of hydrogen-bond donors (Lipinski definition) is 3. The van der Waals surface area contributed by atoms with E-state index in [0.717, 1.165) is 18.0 Å². The van der Waals surface area contributed by atoms with Crippen LogP contribution in [-0.2, 0) is 24.7 Å². The van der Waals surface area contributed by atoms with Gasteiger partial charge in [-0.1, -0.05) is 6.07 Å². The number of fused-ring (bicyclic) bond motifs is 1. The van der Waals surface area contributed by atoms with Gasteiger partial charge in [-0.25, -0.2) is 9.97 Å². The maximum Gasteiger partial charge on any atom is 0.433 e. The smallest absolute Gasteiger partial charge is 0.390 e. The molecule has 0 saturated carbocycles. The molecule has 0 aliphatic carbocycles. The number of carbonyl (C=O) groups is 1. The fourth-order valence-corrected chi connectivity index (χ4v) is 3.70. The molecule has 0 radical (unpaired) electrons. The van der Waals surface area contributed by atoms with Crippen molar-refractivity contribution in [2.24, 2.45) is 0 Å². The summed E-state index contributed by atoms with van der Waals surface area (Å²) in [5.74, 6) is -0.0925. The molecule has 2 heterocycles. The Morgan fingerprint density at radius 1 is 1.09 bits per heavy atom. The molecule has 0 aliphatic heterocycles. The maximum absolute atomic E-state index is 13.0. The molecule has 0 fully saturated rings. The zero-order chi connectivity index (χ0) is 25.5. The zero-order valence-corrected chi connectivity index (χ0v) is 19.8. The molecule has 2 aromatic heterocycles. The van der Waals surface area contributed by atoms with E-state index in [0.29, 0.717) is 36.0 Å². The van der Waals surface area contributed by atoms with Gasteiger partial charge in [0, 0.05) is 24.2 Å². The Morgan fingerprint density at radius 2 is 1.76 bits per heavy atom. The Balaban J connectivity index is 2.06. The molecule has 184 valence electrons. The number of imidazole rings is 1. The third kappa shape index (κ3) is 5.74. The summed E-state index contributed by atoms with van der Waals surface area (Å²) < 4.78 is 41.0. The van der Waals surface area contributed by atoms with Gasteiger partial charge in [-0.3, -0.25) is 4.79 Å². The monoisotopic (exact) mass is 478 g/mol. The van der Waals surface area contributed by atoms with E-state index in [1.165, 1.54) is 6.07 Å². The van der Waals surface area contributed by atoms with E-state index < -0.39 is 34.7 Å². The molecule has 3 N–H and O–H groups in total. The first-order valence-electron chi connectivity index (χ1n) is 10.9. The SMILES string of the molecule is CCn1c(CCC(C)(C)O)nc2cc(C(C)(C)O)c(NC(=O)c3cccc(C(F)(F)F)n3)cc21. The minimum atomic E-state index is -4.68. The fourth-order valence-electron chi connectivity index (χ4n) is 3.70. The second-order valence-corrected chi connectivity index (χ2v) is 9.39. The summed E-state index contributed by atoms with van der Waals surface area (Å²) in [5.41, 5.74) is -1.92. The Labute approximate surface area is 195 Å². The second kappa shape index (κ2) is 8.99. The predicted octanol–water partition coefficient (Wildman–Crippen LogP) is 4.65. The van der Waals surface area contributed by atoms with Crippen molar-refractivity contribution in [3.05, 3.63) is 53.1 Å². The third-order valence-corrected chi connectivity index (χ3v) is 5.42. The number of halogens is 3. The Morgan fingerprint density at radius 3 is 2.32 bits per heavy atom. The topological polar surface area (TPSA) is 100 Å². The first-order chi connectivity index (χ1) is 15.6. The van der Waals surface area contributed by atoms with Gasteiger partial charge >= 0.3 is 6.18 Å². The van der Waals surface area contributed by atoms with Crippen LogP contribution in [-0.4, -0.2) is 36.3 Å². The minimum absolute atomic E-state index is 0.243. The number of amides is 1. The first kappa shape index (κ1) is 25.6.